The lowest BCUT2D eigenvalue weighted by Gasteiger charge is -2.10. The van der Waals surface area contributed by atoms with Gasteiger partial charge in [-0.3, -0.25) is 4.72 Å². The van der Waals surface area contributed by atoms with E-state index in [2.05, 4.69) is 20.7 Å². The molecule has 0 fully saturated rings. The number of hydrogen-bond donors (Lipinski definition) is 2. The highest BCUT2D eigenvalue weighted by Crippen LogP contribution is 2.22. The van der Waals surface area contributed by atoms with Crippen LogP contribution in [-0.2, 0) is 22.4 Å². The van der Waals surface area contributed by atoms with Gasteiger partial charge < -0.3 is 5.11 Å². The first-order valence-electron chi connectivity index (χ1n) is 6.04. The van der Waals surface area contributed by atoms with E-state index >= 15 is 0 Å². The number of hydrogen-bond acceptors (Lipinski definition) is 3. The summed E-state index contributed by atoms with van der Waals surface area (Å²) in [5.74, 6) is -0.946. The number of aliphatic hydroxyl groups excluding tert-OH is 1. The third-order valence-corrected chi connectivity index (χ3v) is 4.46. The lowest BCUT2D eigenvalue weighted by Crippen LogP contribution is -2.16. The molecule has 7 heteroatoms. The van der Waals surface area contributed by atoms with Crippen molar-refractivity contribution in [1.29, 1.82) is 0 Å². The fourth-order valence-electron chi connectivity index (χ4n) is 1.82. The van der Waals surface area contributed by atoms with Crippen LogP contribution in [0.3, 0.4) is 0 Å². The molecule has 0 aromatic heterocycles. The Bertz CT molecular complexity index is 750. The first-order chi connectivity index (χ1) is 9.89. The Labute approximate surface area is 130 Å². The number of benzene rings is 2. The largest absolute Gasteiger partial charge is 0.392 e. The van der Waals surface area contributed by atoms with E-state index in [1.165, 1.54) is 18.2 Å². The van der Waals surface area contributed by atoms with E-state index in [4.69, 9.17) is 5.11 Å². The summed E-state index contributed by atoms with van der Waals surface area (Å²) < 4.78 is 40.5. The summed E-state index contributed by atoms with van der Waals surface area (Å²) in [6, 6.07) is 10.6. The van der Waals surface area contributed by atoms with E-state index in [0.29, 0.717) is 15.6 Å². The molecule has 2 aromatic carbocycles. The number of halogens is 2. The smallest absolute Gasteiger partial charge is 0.237 e. The molecule has 0 saturated carbocycles. The molecular weight excluding hydrogens is 361 g/mol. The van der Waals surface area contributed by atoms with Crippen molar-refractivity contribution in [3.05, 3.63) is 63.9 Å². The highest BCUT2D eigenvalue weighted by molar-refractivity contribution is 9.10. The van der Waals surface area contributed by atoms with Crippen LogP contribution >= 0.6 is 15.9 Å². The normalized spacial score (nSPS) is 11.4. The van der Waals surface area contributed by atoms with Crippen molar-refractivity contribution in [2.75, 3.05) is 4.72 Å². The second-order valence-corrected chi connectivity index (χ2v) is 7.10. The molecule has 2 N–H and O–H groups in total. The number of rotatable bonds is 5. The van der Waals surface area contributed by atoms with E-state index in [-0.39, 0.29) is 18.0 Å². The lowest BCUT2D eigenvalue weighted by molar-refractivity contribution is 0.282. The standard InChI is InChI=1S/C14H13BrFNO3S/c15-12-4-5-13(16)14(7-12)17-21(19,20)9-11-3-1-2-10(6-11)8-18/h1-7,17-18H,8-9H2. The van der Waals surface area contributed by atoms with Gasteiger partial charge in [0.25, 0.3) is 0 Å². The summed E-state index contributed by atoms with van der Waals surface area (Å²) >= 11 is 3.16. The minimum absolute atomic E-state index is 0.109. The van der Waals surface area contributed by atoms with Gasteiger partial charge in [0.05, 0.1) is 18.0 Å². The Kier molecular flexibility index (Phi) is 4.97. The molecule has 0 unspecified atom stereocenters. The molecule has 0 spiro atoms. The molecule has 0 saturated heterocycles. The molecule has 0 aliphatic heterocycles. The summed E-state index contributed by atoms with van der Waals surface area (Å²) in [6.45, 7) is -0.165. The van der Waals surface area contributed by atoms with E-state index in [1.54, 1.807) is 24.3 Å². The Hall–Kier alpha value is -1.44. The quantitative estimate of drug-likeness (QED) is 0.846. The molecule has 0 atom stereocenters. The molecule has 112 valence electrons. The minimum atomic E-state index is -3.74. The van der Waals surface area contributed by atoms with Crippen LogP contribution in [0, 0.1) is 5.82 Å². The number of anilines is 1. The van der Waals surface area contributed by atoms with Crippen molar-refractivity contribution in [1.82, 2.24) is 0 Å². The predicted octanol–water partition coefficient (Wildman–Crippen LogP) is 3.02. The van der Waals surface area contributed by atoms with E-state index in [9.17, 15) is 12.8 Å². The van der Waals surface area contributed by atoms with Crippen molar-refractivity contribution in [3.8, 4) is 0 Å². The van der Waals surface area contributed by atoms with Crippen molar-refractivity contribution in [2.24, 2.45) is 0 Å². The van der Waals surface area contributed by atoms with Gasteiger partial charge in [0.2, 0.25) is 10.0 Å². The zero-order valence-electron chi connectivity index (χ0n) is 10.9. The second-order valence-electron chi connectivity index (χ2n) is 4.46. The highest BCUT2D eigenvalue weighted by atomic mass is 79.9. The molecule has 0 radical (unpaired) electrons. The maximum Gasteiger partial charge on any atom is 0.237 e. The summed E-state index contributed by atoms with van der Waals surface area (Å²) in [5, 5.41) is 9.04. The number of nitrogens with one attached hydrogen (secondary N) is 1. The molecule has 0 amide bonds. The average Bonchev–Trinajstić information content (AvgIpc) is 2.42. The van der Waals surface area contributed by atoms with Crippen LogP contribution in [0.15, 0.2) is 46.9 Å². The molecule has 0 aliphatic rings. The van der Waals surface area contributed by atoms with Gasteiger partial charge in [-0.05, 0) is 29.3 Å². The first-order valence-corrected chi connectivity index (χ1v) is 8.48. The van der Waals surface area contributed by atoms with Gasteiger partial charge in [0.15, 0.2) is 0 Å². The number of aliphatic hydroxyl groups is 1. The van der Waals surface area contributed by atoms with Crippen LogP contribution in [0.1, 0.15) is 11.1 Å². The fraction of sp³-hybridized carbons (Fsp3) is 0.143. The molecule has 2 rings (SSSR count). The molecule has 0 aliphatic carbocycles. The summed E-state index contributed by atoms with van der Waals surface area (Å²) in [4.78, 5) is 0. The van der Waals surface area contributed by atoms with Gasteiger partial charge in [-0.2, -0.15) is 0 Å². The van der Waals surface area contributed by atoms with Gasteiger partial charge in [-0.15, -0.1) is 0 Å². The average molecular weight is 374 g/mol. The molecule has 2 aromatic rings. The zero-order chi connectivity index (χ0) is 15.5. The van der Waals surface area contributed by atoms with Gasteiger partial charge in [0, 0.05) is 4.47 Å². The molecule has 4 nitrogen and oxygen atoms in total. The summed E-state index contributed by atoms with van der Waals surface area (Å²) in [6.07, 6.45) is 0. The molecule has 0 bridgehead atoms. The number of sulfonamides is 1. The van der Waals surface area contributed by atoms with E-state index in [0.717, 1.165) is 0 Å². The van der Waals surface area contributed by atoms with E-state index < -0.39 is 15.8 Å². The Morgan fingerprint density at radius 1 is 1.14 bits per heavy atom. The monoisotopic (exact) mass is 373 g/mol. The predicted molar refractivity (Wildman–Crippen MR) is 82.7 cm³/mol. The van der Waals surface area contributed by atoms with Crippen LogP contribution in [0.2, 0.25) is 0 Å². The second kappa shape index (κ2) is 6.55. The topological polar surface area (TPSA) is 66.4 Å². The Morgan fingerprint density at radius 3 is 2.57 bits per heavy atom. The van der Waals surface area contributed by atoms with Gasteiger partial charge in [-0.25, -0.2) is 12.8 Å². The van der Waals surface area contributed by atoms with Crippen molar-refractivity contribution < 1.29 is 17.9 Å². The lowest BCUT2D eigenvalue weighted by atomic mass is 10.1. The van der Waals surface area contributed by atoms with Gasteiger partial charge >= 0.3 is 0 Å². The SMILES string of the molecule is O=S(=O)(Cc1cccc(CO)c1)Nc1cc(Br)ccc1F. The van der Waals surface area contributed by atoms with Crippen molar-refractivity contribution in [2.45, 2.75) is 12.4 Å². The maximum absolute atomic E-state index is 13.6. The zero-order valence-corrected chi connectivity index (χ0v) is 13.3. The Balaban J connectivity index is 2.20. The van der Waals surface area contributed by atoms with Crippen LogP contribution in [0.4, 0.5) is 10.1 Å². The van der Waals surface area contributed by atoms with Gasteiger partial charge in [-0.1, -0.05) is 40.2 Å². The van der Waals surface area contributed by atoms with Gasteiger partial charge in [0.1, 0.15) is 5.82 Å². The fourth-order valence-corrected chi connectivity index (χ4v) is 3.36. The minimum Gasteiger partial charge on any atom is -0.392 e. The van der Waals surface area contributed by atoms with Crippen LogP contribution in [-0.4, -0.2) is 13.5 Å². The van der Waals surface area contributed by atoms with Crippen LogP contribution in [0.5, 0.6) is 0 Å². The Morgan fingerprint density at radius 2 is 1.86 bits per heavy atom. The molecule has 0 heterocycles. The third kappa shape index (κ3) is 4.52. The molecule has 21 heavy (non-hydrogen) atoms. The van der Waals surface area contributed by atoms with Crippen molar-refractivity contribution in [3.63, 3.8) is 0 Å². The summed E-state index contributed by atoms with van der Waals surface area (Å²) in [7, 11) is -3.74. The van der Waals surface area contributed by atoms with E-state index in [1.807, 2.05) is 0 Å². The molecular formula is C14H13BrFNO3S. The van der Waals surface area contributed by atoms with Crippen LogP contribution < -0.4 is 4.72 Å². The first kappa shape index (κ1) is 15.9. The van der Waals surface area contributed by atoms with Crippen LogP contribution in [0.25, 0.3) is 0 Å². The third-order valence-electron chi connectivity index (χ3n) is 2.72. The van der Waals surface area contributed by atoms with Crippen molar-refractivity contribution >= 4 is 31.6 Å². The highest BCUT2D eigenvalue weighted by Gasteiger charge is 2.14. The summed E-state index contributed by atoms with van der Waals surface area (Å²) in [5.41, 5.74) is 1.03. The maximum atomic E-state index is 13.6.